The SMILES string of the molecule is CCOC(=O)c1ccc(NC(=O)[C@@H](CC)Oc2ccc(C)cc2C)cc1. The third-order valence-electron chi connectivity index (χ3n) is 3.93. The number of nitrogens with one attached hydrogen (secondary N) is 1. The predicted molar refractivity (Wildman–Crippen MR) is 102 cm³/mol. The van der Waals surface area contributed by atoms with Crippen molar-refractivity contribution in [2.75, 3.05) is 11.9 Å². The fraction of sp³-hybridized carbons (Fsp3) is 0.333. The molecule has 0 heterocycles. The highest BCUT2D eigenvalue weighted by Crippen LogP contribution is 2.21. The van der Waals surface area contributed by atoms with Crippen molar-refractivity contribution in [3.63, 3.8) is 0 Å². The van der Waals surface area contributed by atoms with Crippen LogP contribution in [-0.2, 0) is 9.53 Å². The zero-order valence-corrected chi connectivity index (χ0v) is 15.7. The van der Waals surface area contributed by atoms with E-state index in [1.807, 2.05) is 39.0 Å². The van der Waals surface area contributed by atoms with Gasteiger partial charge in [0.15, 0.2) is 6.10 Å². The lowest BCUT2D eigenvalue weighted by atomic mass is 10.1. The summed E-state index contributed by atoms with van der Waals surface area (Å²) >= 11 is 0. The third kappa shape index (κ3) is 5.09. The molecule has 0 aromatic heterocycles. The van der Waals surface area contributed by atoms with Crippen LogP contribution in [0.5, 0.6) is 5.75 Å². The van der Waals surface area contributed by atoms with E-state index in [9.17, 15) is 9.59 Å². The summed E-state index contributed by atoms with van der Waals surface area (Å²) in [6, 6.07) is 12.5. The first-order chi connectivity index (χ1) is 12.4. The van der Waals surface area contributed by atoms with Gasteiger partial charge in [0, 0.05) is 5.69 Å². The van der Waals surface area contributed by atoms with Crippen molar-refractivity contribution in [3.8, 4) is 5.75 Å². The standard InChI is InChI=1S/C21H25NO4/c1-5-18(26-19-12-7-14(3)13-15(19)4)20(23)22-17-10-8-16(9-11-17)21(24)25-6-2/h7-13,18H,5-6H2,1-4H3,(H,22,23)/t18-/m1/s1. The molecule has 0 radical (unpaired) electrons. The van der Waals surface area contributed by atoms with Crippen LogP contribution in [-0.4, -0.2) is 24.6 Å². The number of rotatable bonds is 7. The third-order valence-corrected chi connectivity index (χ3v) is 3.93. The van der Waals surface area contributed by atoms with Gasteiger partial charge in [0.25, 0.3) is 5.91 Å². The summed E-state index contributed by atoms with van der Waals surface area (Å²) in [5.41, 5.74) is 3.19. The van der Waals surface area contributed by atoms with Crippen molar-refractivity contribution >= 4 is 17.6 Å². The van der Waals surface area contributed by atoms with Crippen molar-refractivity contribution in [1.29, 1.82) is 0 Å². The molecule has 0 saturated carbocycles. The number of benzene rings is 2. The molecular weight excluding hydrogens is 330 g/mol. The molecule has 0 spiro atoms. The van der Waals surface area contributed by atoms with Crippen molar-refractivity contribution < 1.29 is 19.1 Å². The number of carbonyl (C=O) groups excluding carboxylic acids is 2. The van der Waals surface area contributed by atoms with Gasteiger partial charge in [-0.05, 0) is 63.1 Å². The summed E-state index contributed by atoms with van der Waals surface area (Å²) in [4.78, 5) is 24.2. The Morgan fingerprint density at radius 1 is 1.04 bits per heavy atom. The van der Waals surface area contributed by atoms with E-state index in [0.717, 1.165) is 11.1 Å². The van der Waals surface area contributed by atoms with E-state index in [2.05, 4.69) is 5.32 Å². The zero-order valence-electron chi connectivity index (χ0n) is 15.7. The van der Waals surface area contributed by atoms with Gasteiger partial charge in [-0.15, -0.1) is 0 Å². The van der Waals surface area contributed by atoms with E-state index in [-0.39, 0.29) is 11.9 Å². The van der Waals surface area contributed by atoms with Crippen LogP contribution in [0.1, 0.15) is 41.8 Å². The van der Waals surface area contributed by atoms with Crippen molar-refractivity contribution in [2.24, 2.45) is 0 Å². The highest BCUT2D eigenvalue weighted by atomic mass is 16.5. The van der Waals surface area contributed by atoms with E-state index in [1.165, 1.54) is 0 Å². The number of hydrogen-bond acceptors (Lipinski definition) is 4. The Bertz CT molecular complexity index is 768. The maximum atomic E-state index is 12.5. The minimum absolute atomic E-state index is 0.226. The summed E-state index contributed by atoms with van der Waals surface area (Å²) in [7, 11) is 0. The fourth-order valence-electron chi connectivity index (χ4n) is 2.53. The van der Waals surface area contributed by atoms with Crippen LogP contribution in [0.25, 0.3) is 0 Å². The smallest absolute Gasteiger partial charge is 0.338 e. The Morgan fingerprint density at radius 3 is 2.31 bits per heavy atom. The van der Waals surface area contributed by atoms with Gasteiger partial charge in [0.1, 0.15) is 5.75 Å². The van der Waals surface area contributed by atoms with Gasteiger partial charge in [0.2, 0.25) is 0 Å². The van der Waals surface area contributed by atoms with Gasteiger partial charge >= 0.3 is 5.97 Å². The molecule has 0 aliphatic rings. The Balaban J connectivity index is 2.03. The molecule has 0 aliphatic carbocycles. The van der Waals surface area contributed by atoms with Crippen LogP contribution in [0.3, 0.4) is 0 Å². The van der Waals surface area contributed by atoms with Crippen molar-refractivity contribution in [2.45, 2.75) is 40.2 Å². The first-order valence-electron chi connectivity index (χ1n) is 8.76. The lowest BCUT2D eigenvalue weighted by Crippen LogP contribution is -2.32. The normalized spacial score (nSPS) is 11.5. The molecule has 0 fully saturated rings. The fourth-order valence-corrected chi connectivity index (χ4v) is 2.53. The van der Waals surface area contributed by atoms with Gasteiger partial charge in [-0.25, -0.2) is 4.79 Å². The minimum atomic E-state index is -0.596. The molecule has 138 valence electrons. The second-order valence-electron chi connectivity index (χ2n) is 6.07. The lowest BCUT2D eigenvalue weighted by molar-refractivity contribution is -0.122. The second kappa shape index (κ2) is 9.04. The lowest BCUT2D eigenvalue weighted by Gasteiger charge is -2.19. The molecule has 0 saturated heterocycles. The van der Waals surface area contributed by atoms with E-state index in [1.54, 1.807) is 31.2 Å². The minimum Gasteiger partial charge on any atom is -0.480 e. The average Bonchev–Trinajstić information content (AvgIpc) is 2.62. The molecular formula is C21H25NO4. The van der Waals surface area contributed by atoms with Crippen LogP contribution >= 0.6 is 0 Å². The molecule has 1 atom stereocenters. The molecule has 26 heavy (non-hydrogen) atoms. The molecule has 5 heteroatoms. The molecule has 5 nitrogen and oxygen atoms in total. The molecule has 2 rings (SSSR count). The highest BCUT2D eigenvalue weighted by Gasteiger charge is 2.19. The first-order valence-corrected chi connectivity index (χ1v) is 8.76. The van der Waals surface area contributed by atoms with Crippen LogP contribution in [0.15, 0.2) is 42.5 Å². The molecule has 0 unspecified atom stereocenters. The van der Waals surface area contributed by atoms with Gasteiger partial charge in [0.05, 0.1) is 12.2 Å². The summed E-state index contributed by atoms with van der Waals surface area (Å²) in [6.07, 6.45) is -0.0544. The Kier molecular flexibility index (Phi) is 6.78. The monoisotopic (exact) mass is 355 g/mol. The number of amides is 1. The largest absolute Gasteiger partial charge is 0.480 e. The predicted octanol–water partition coefficient (Wildman–Crippen LogP) is 4.28. The number of aryl methyl sites for hydroxylation is 2. The van der Waals surface area contributed by atoms with Gasteiger partial charge in [-0.1, -0.05) is 24.6 Å². The summed E-state index contributed by atoms with van der Waals surface area (Å²) in [6.45, 7) is 7.96. The zero-order chi connectivity index (χ0) is 19.1. The first kappa shape index (κ1) is 19.5. The van der Waals surface area contributed by atoms with Crippen molar-refractivity contribution in [3.05, 3.63) is 59.2 Å². The maximum Gasteiger partial charge on any atom is 0.338 e. The Hall–Kier alpha value is -2.82. The topological polar surface area (TPSA) is 64.6 Å². The van der Waals surface area contributed by atoms with Gasteiger partial charge in [-0.3, -0.25) is 4.79 Å². The molecule has 1 N–H and O–H groups in total. The Labute approximate surface area is 154 Å². The molecule has 2 aromatic rings. The van der Waals surface area contributed by atoms with Crippen LogP contribution in [0.4, 0.5) is 5.69 Å². The van der Waals surface area contributed by atoms with Crippen molar-refractivity contribution in [1.82, 2.24) is 0 Å². The molecule has 0 bridgehead atoms. The number of hydrogen-bond donors (Lipinski definition) is 1. The van der Waals surface area contributed by atoms with E-state index >= 15 is 0 Å². The summed E-state index contributed by atoms with van der Waals surface area (Å²) in [5.74, 6) is 0.0987. The summed E-state index contributed by atoms with van der Waals surface area (Å²) < 4.78 is 10.8. The number of anilines is 1. The Morgan fingerprint density at radius 2 is 1.73 bits per heavy atom. The average molecular weight is 355 g/mol. The van der Waals surface area contributed by atoms with E-state index < -0.39 is 6.10 Å². The number of carbonyl (C=O) groups is 2. The second-order valence-corrected chi connectivity index (χ2v) is 6.07. The molecule has 1 amide bonds. The number of ether oxygens (including phenoxy) is 2. The van der Waals surface area contributed by atoms with Crippen LogP contribution in [0.2, 0.25) is 0 Å². The summed E-state index contributed by atoms with van der Waals surface area (Å²) in [5, 5.41) is 2.83. The maximum absolute atomic E-state index is 12.5. The molecule has 2 aromatic carbocycles. The van der Waals surface area contributed by atoms with E-state index in [4.69, 9.17) is 9.47 Å². The van der Waals surface area contributed by atoms with Gasteiger partial charge < -0.3 is 14.8 Å². The number of esters is 1. The molecule has 0 aliphatic heterocycles. The van der Waals surface area contributed by atoms with Crippen LogP contribution in [0, 0.1) is 13.8 Å². The van der Waals surface area contributed by atoms with E-state index in [0.29, 0.717) is 30.0 Å². The van der Waals surface area contributed by atoms with Crippen LogP contribution < -0.4 is 10.1 Å². The highest BCUT2D eigenvalue weighted by molar-refractivity contribution is 5.95. The van der Waals surface area contributed by atoms with Gasteiger partial charge in [-0.2, -0.15) is 0 Å². The quantitative estimate of drug-likeness (QED) is 0.753.